The van der Waals surface area contributed by atoms with E-state index in [1.54, 1.807) is 0 Å². The quantitative estimate of drug-likeness (QED) is 0.365. The van der Waals surface area contributed by atoms with Gasteiger partial charge in [0, 0.05) is 0 Å². The Morgan fingerprint density at radius 3 is 1.62 bits per heavy atom. The normalized spacial score (nSPS) is 10.4. The zero-order chi connectivity index (χ0) is 5.91. The third-order valence-electron chi connectivity index (χ3n) is 0.442. The Balaban J connectivity index is -0.0000000600. The van der Waals surface area contributed by atoms with E-state index in [1.807, 2.05) is 0 Å². The molecule has 0 rings (SSSR count). The van der Waals surface area contributed by atoms with Gasteiger partial charge in [-0.25, -0.2) is 0 Å². The second-order valence-corrected chi connectivity index (χ2v) is 3.39. The van der Waals surface area contributed by atoms with Crippen LogP contribution in [0.5, 0.6) is 0 Å². The molecule has 0 unspecified atom stereocenters. The monoisotopic (exact) mass is 168 g/mol. The first-order valence-electron chi connectivity index (χ1n) is 1.65. The number of hydrogen-bond acceptors (Lipinski definition) is 3. The average molecular weight is 168 g/mol. The molecule has 0 aliphatic heterocycles. The maximum Gasteiger partial charge on any atom is 2.00 e. The molecule has 0 spiro atoms. The summed E-state index contributed by atoms with van der Waals surface area (Å²) >= 11 is 0. The minimum atomic E-state index is -3.54. The standard InChI is InChI=1S/C2H7O4P.Ca.2H/c3-1-7(5,6)2-4;;;/h3-4H,1-2H2,(H,5,6);;;/q;+2;2*-1. The minimum Gasteiger partial charge on any atom is -1.00 e. The fraction of sp³-hybridized carbons (Fsp3) is 1.00. The van der Waals surface area contributed by atoms with Crippen LogP contribution in [0.2, 0.25) is 0 Å². The van der Waals surface area contributed by atoms with Crippen molar-refractivity contribution in [3.8, 4) is 0 Å². The van der Waals surface area contributed by atoms with Crippen LogP contribution < -0.4 is 0 Å². The van der Waals surface area contributed by atoms with E-state index in [9.17, 15) is 4.57 Å². The van der Waals surface area contributed by atoms with Gasteiger partial charge in [0.1, 0.15) is 12.7 Å². The van der Waals surface area contributed by atoms with Gasteiger partial charge < -0.3 is 18.0 Å². The van der Waals surface area contributed by atoms with E-state index in [-0.39, 0.29) is 40.6 Å². The Kier molecular flexibility index (Phi) is 7.82. The van der Waals surface area contributed by atoms with Crippen LogP contribution in [0.1, 0.15) is 2.85 Å². The maximum atomic E-state index is 10.0. The molecule has 0 saturated carbocycles. The smallest absolute Gasteiger partial charge is 1.00 e. The summed E-state index contributed by atoms with van der Waals surface area (Å²) in [6.07, 6.45) is -1.69. The van der Waals surface area contributed by atoms with Crippen molar-refractivity contribution < 1.29 is 22.5 Å². The Morgan fingerprint density at radius 1 is 1.38 bits per heavy atom. The van der Waals surface area contributed by atoms with Crippen molar-refractivity contribution >= 4 is 45.1 Å². The van der Waals surface area contributed by atoms with E-state index in [4.69, 9.17) is 15.1 Å². The van der Waals surface area contributed by atoms with Gasteiger partial charge in [0.15, 0.2) is 0 Å². The number of hydrogen-bond donors (Lipinski definition) is 3. The summed E-state index contributed by atoms with van der Waals surface area (Å²) in [7, 11) is -3.54. The molecular weight excluding hydrogens is 159 g/mol. The fourth-order valence-electron chi connectivity index (χ4n) is 0.0447. The van der Waals surface area contributed by atoms with Crippen molar-refractivity contribution in [3.63, 3.8) is 0 Å². The Labute approximate surface area is 79.9 Å². The molecule has 0 saturated heterocycles. The van der Waals surface area contributed by atoms with Crippen molar-refractivity contribution in [3.05, 3.63) is 0 Å². The van der Waals surface area contributed by atoms with E-state index in [0.29, 0.717) is 0 Å². The van der Waals surface area contributed by atoms with Crippen LogP contribution in [0.3, 0.4) is 0 Å². The second kappa shape index (κ2) is 5.18. The Bertz CT molecular complexity index is 93.3. The van der Waals surface area contributed by atoms with Crippen LogP contribution >= 0.6 is 7.37 Å². The summed E-state index contributed by atoms with van der Waals surface area (Å²) in [4.78, 5) is 8.19. The average Bonchev–Trinajstić information content (AvgIpc) is 1.68. The first-order chi connectivity index (χ1) is 3.12. The van der Waals surface area contributed by atoms with E-state index < -0.39 is 20.1 Å². The second-order valence-electron chi connectivity index (χ2n) is 1.13. The van der Waals surface area contributed by atoms with Crippen molar-refractivity contribution in [2.75, 3.05) is 12.7 Å². The molecule has 0 aromatic rings. The molecule has 0 bridgehead atoms. The Hall–Kier alpha value is 1.37. The molecule has 4 nitrogen and oxygen atoms in total. The van der Waals surface area contributed by atoms with Gasteiger partial charge in [-0.05, 0) is 0 Å². The maximum absolute atomic E-state index is 10.0. The summed E-state index contributed by atoms with van der Waals surface area (Å²) in [6.45, 7) is 0. The Morgan fingerprint density at radius 2 is 1.62 bits per heavy atom. The summed E-state index contributed by atoms with van der Waals surface area (Å²) in [5.74, 6) is 0. The van der Waals surface area contributed by atoms with Gasteiger partial charge in [-0.1, -0.05) is 0 Å². The molecule has 0 heterocycles. The molecular formula is C2H9CaO4P. The van der Waals surface area contributed by atoms with Crippen LogP contribution in [-0.4, -0.2) is 65.5 Å². The topological polar surface area (TPSA) is 77.8 Å². The molecule has 0 aromatic heterocycles. The van der Waals surface area contributed by atoms with Gasteiger partial charge >= 0.3 is 37.7 Å². The molecule has 0 radical (unpaired) electrons. The third-order valence-corrected chi connectivity index (χ3v) is 1.33. The molecule has 0 fully saturated rings. The fourth-order valence-corrected chi connectivity index (χ4v) is 0.134. The molecule has 8 heavy (non-hydrogen) atoms. The predicted molar refractivity (Wildman–Crippen MR) is 32.0 cm³/mol. The number of aliphatic hydroxyl groups excluding tert-OH is 2. The molecule has 0 amide bonds. The van der Waals surface area contributed by atoms with Crippen LogP contribution in [-0.2, 0) is 4.57 Å². The van der Waals surface area contributed by atoms with Gasteiger partial charge in [-0.2, -0.15) is 0 Å². The van der Waals surface area contributed by atoms with Gasteiger partial charge in [-0.15, -0.1) is 0 Å². The van der Waals surface area contributed by atoms with E-state index in [0.717, 1.165) is 0 Å². The van der Waals surface area contributed by atoms with E-state index in [2.05, 4.69) is 0 Å². The zero-order valence-electron chi connectivity index (χ0n) is 6.32. The molecule has 3 N–H and O–H groups in total. The SMILES string of the molecule is O=P(O)(CO)CO.[Ca+2].[H-].[H-]. The van der Waals surface area contributed by atoms with Crippen LogP contribution in [0.25, 0.3) is 0 Å². The third kappa shape index (κ3) is 5.51. The largest absolute Gasteiger partial charge is 2.00 e. The van der Waals surface area contributed by atoms with Gasteiger partial charge in [0.2, 0.25) is 7.37 Å². The molecule has 0 atom stereocenters. The van der Waals surface area contributed by atoms with Crippen LogP contribution in [0, 0.1) is 0 Å². The molecule has 48 valence electrons. The van der Waals surface area contributed by atoms with Crippen LogP contribution in [0.4, 0.5) is 0 Å². The van der Waals surface area contributed by atoms with Gasteiger partial charge in [0.05, 0.1) is 0 Å². The minimum absolute atomic E-state index is 0. The molecule has 0 aromatic carbocycles. The summed E-state index contributed by atoms with van der Waals surface area (Å²) in [5, 5.41) is 15.8. The molecule has 0 aliphatic carbocycles. The number of aliphatic hydroxyl groups is 2. The first-order valence-corrected chi connectivity index (χ1v) is 3.68. The molecule has 6 heteroatoms. The summed E-state index contributed by atoms with van der Waals surface area (Å²) in [5.41, 5.74) is 0. The van der Waals surface area contributed by atoms with E-state index in [1.165, 1.54) is 0 Å². The van der Waals surface area contributed by atoms with Crippen molar-refractivity contribution in [1.29, 1.82) is 0 Å². The predicted octanol–water partition coefficient (Wildman–Crippen LogP) is -0.999. The van der Waals surface area contributed by atoms with E-state index >= 15 is 0 Å². The van der Waals surface area contributed by atoms with Crippen molar-refractivity contribution in [2.24, 2.45) is 0 Å². The number of rotatable bonds is 2. The summed E-state index contributed by atoms with van der Waals surface area (Å²) < 4.78 is 10.0. The zero-order valence-corrected chi connectivity index (χ0v) is 7.42. The van der Waals surface area contributed by atoms with Gasteiger partial charge in [0.25, 0.3) is 0 Å². The van der Waals surface area contributed by atoms with Crippen LogP contribution in [0.15, 0.2) is 0 Å². The summed E-state index contributed by atoms with van der Waals surface area (Å²) in [6, 6.07) is 0. The first kappa shape index (κ1) is 12.1. The van der Waals surface area contributed by atoms with Gasteiger partial charge in [-0.3, -0.25) is 4.57 Å². The molecule has 0 aliphatic rings. The van der Waals surface area contributed by atoms with Crippen molar-refractivity contribution in [1.82, 2.24) is 0 Å². The van der Waals surface area contributed by atoms with Crippen molar-refractivity contribution in [2.45, 2.75) is 0 Å².